The van der Waals surface area contributed by atoms with Crippen LogP contribution in [-0.4, -0.2) is 58.3 Å². The van der Waals surface area contributed by atoms with Gasteiger partial charge in [0.15, 0.2) is 5.82 Å². The Labute approximate surface area is 158 Å². The SMILES string of the molecule is Cc1nc(CN2C[C@@H]3COC[C@]3(C(=O)NC3Cc4ccccc4C3)C2)n[nH]1. The minimum Gasteiger partial charge on any atom is -0.380 e. The van der Waals surface area contributed by atoms with Crippen LogP contribution in [-0.2, 0) is 28.9 Å². The lowest BCUT2D eigenvalue weighted by molar-refractivity contribution is -0.132. The summed E-state index contributed by atoms with van der Waals surface area (Å²) in [5.41, 5.74) is 2.26. The summed E-state index contributed by atoms with van der Waals surface area (Å²) in [6, 6.07) is 8.66. The monoisotopic (exact) mass is 367 g/mol. The van der Waals surface area contributed by atoms with Gasteiger partial charge in [-0.1, -0.05) is 24.3 Å². The largest absolute Gasteiger partial charge is 0.380 e. The first-order chi connectivity index (χ1) is 13.1. The van der Waals surface area contributed by atoms with Gasteiger partial charge in [-0.15, -0.1) is 0 Å². The molecule has 3 aliphatic rings. The van der Waals surface area contributed by atoms with Crippen molar-refractivity contribution in [2.45, 2.75) is 32.4 Å². The maximum Gasteiger partial charge on any atom is 0.230 e. The molecule has 5 rings (SSSR count). The molecule has 1 aromatic heterocycles. The number of carbonyl (C=O) groups excluding carboxylic acids is 1. The van der Waals surface area contributed by atoms with Crippen molar-refractivity contribution < 1.29 is 9.53 Å². The van der Waals surface area contributed by atoms with Gasteiger partial charge in [0.2, 0.25) is 5.91 Å². The minimum atomic E-state index is -0.444. The van der Waals surface area contributed by atoms with E-state index in [1.54, 1.807) is 0 Å². The van der Waals surface area contributed by atoms with Gasteiger partial charge in [0.05, 0.1) is 25.2 Å². The molecule has 0 radical (unpaired) electrons. The molecular formula is C20H25N5O2. The van der Waals surface area contributed by atoms with Crippen LogP contribution in [0, 0.1) is 18.3 Å². The fraction of sp³-hybridized carbons (Fsp3) is 0.550. The molecule has 2 aromatic rings. The van der Waals surface area contributed by atoms with Crippen LogP contribution in [0.25, 0.3) is 0 Å². The molecule has 0 saturated carbocycles. The van der Waals surface area contributed by atoms with Crippen LogP contribution in [0.2, 0.25) is 0 Å². The number of rotatable bonds is 4. The second-order valence-electron chi connectivity index (χ2n) is 8.22. The van der Waals surface area contributed by atoms with E-state index in [2.05, 4.69) is 49.7 Å². The Morgan fingerprint density at radius 3 is 2.85 bits per heavy atom. The Hall–Kier alpha value is -2.25. The maximum absolute atomic E-state index is 13.3. The van der Waals surface area contributed by atoms with Crippen LogP contribution in [0.5, 0.6) is 0 Å². The first-order valence-electron chi connectivity index (χ1n) is 9.68. The van der Waals surface area contributed by atoms with Crippen LogP contribution in [0.15, 0.2) is 24.3 Å². The minimum absolute atomic E-state index is 0.150. The van der Waals surface area contributed by atoms with Crippen molar-refractivity contribution in [2.75, 3.05) is 26.3 Å². The summed E-state index contributed by atoms with van der Waals surface area (Å²) < 4.78 is 5.74. The lowest BCUT2D eigenvalue weighted by atomic mass is 9.80. The molecule has 1 amide bonds. The Morgan fingerprint density at radius 2 is 2.15 bits per heavy atom. The highest BCUT2D eigenvalue weighted by Crippen LogP contribution is 2.42. The molecular weight excluding hydrogens is 342 g/mol. The summed E-state index contributed by atoms with van der Waals surface area (Å²) in [6.07, 6.45) is 1.84. The number of ether oxygens (including phenoxy) is 1. The van der Waals surface area contributed by atoms with E-state index < -0.39 is 5.41 Å². The summed E-state index contributed by atoms with van der Waals surface area (Å²) in [5.74, 6) is 1.99. The average molecular weight is 367 g/mol. The number of fused-ring (bicyclic) bond motifs is 2. The highest BCUT2D eigenvalue weighted by Gasteiger charge is 2.56. The predicted octanol–water partition coefficient (Wildman–Crippen LogP) is 0.845. The number of hydrogen-bond acceptors (Lipinski definition) is 5. The number of hydrogen-bond donors (Lipinski definition) is 2. The highest BCUT2D eigenvalue weighted by molar-refractivity contribution is 5.84. The third kappa shape index (κ3) is 2.95. The van der Waals surface area contributed by atoms with Gasteiger partial charge in [-0.2, -0.15) is 5.10 Å². The number of carbonyl (C=O) groups is 1. The van der Waals surface area contributed by atoms with Crippen LogP contribution in [0.3, 0.4) is 0 Å². The molecule has 1 aliphatic carbocycles. The molecule has 7 heteroatoms. The number of aryl methyl sites for hydroxylation is 1. The number of aromatic nitrogens is 3. The van der Waals surface area contributed by atoms with Crippen molar-refractivity contribution in [1.82, 2.24) is 25.4 Å². The molecule has 2 saturated heterocycles. The van der Waals surface area contributed by atoms with Crippen LogP contribution < -0.4 is 5.32 Å². The van der Waals surface area contributed by atoms with E-state index in [4.69, 9.17) is 4.74 Å². The van der Waals surface area contributed by atoms with Gasteiger partial charge in [0.25, 0.3) is 0 Å². The summed E-state index contributed by atoms with van der Waals surface area (Å²) in [4.78, 5) is 20.0. The Kier molecular flexibility index (Phi) is 4.02. The van der Waals surface area contributed by atoms with Gasteiger partial charge in [-0.05, 0) is 30.9 Å². The third-order valence-corrected chi connectivity index (χ3v) is 6.29. The topological polar surface area (TPSA) is 83.1 Å². The Morgan fingerprint density at radius 1 is 1.37 bits per heavy atom. The van der Waals surface area contributed by atoms with Gasteiger partial charge < -0.3 is 10.1 Å². The van der Waals surface area contributed by atoms with Gasteiger partial charge >= 0.3 is 0 Å². The molecule has 7 nitrogen and oxygen atoms in total. The summed E-state index contributed by atoms with van der Waals surface area (Å²) in [7, 11) is 0. The van der Waals surface area contributed by atoms with Gasteiger partial charge in [-0.25, -0.2) is 4.98 Å². The number of nitrogens with one attached hydrogen (secondary N) is 2. The molecule has 0 spiro atoms. The van der Waals surface area contributed by atoms with E-state index in [9.17, 15) is 4.79 Å². The number of benzene rings is 1. The average Bonchev–Trinajstić information content (AvgIpc) is 3.37. The number of likely N-dealkylation sites (tertiary alicyclic amines) is 1. The molecule has 0 unspecified atom stereocenters. The molecule has 2 fully saturated rings. The Bertz CT molecular complexity index is 841. The molecule has 142 valence electrons. The van der Waals surface area contributed by atoms with Gasteiger partial charge in [-0.3, -0.25) is 14.8 Å². The number of nitrogens with zero attached hydrogens (tertiary/aromatic N) is 3. The molecule has 3 heterocycles. The summed E-state index contributed by atoms with van der Waals surface area (Å²) in [6.45, 7) is 5.29. The van der Waals surface area contributed by atoms with E-state index in [1.165, 1.54) is 11.1 Å². The van der Waals surface area contributed by atoms with Crippen LogP contribution >= 0.6 is 0 Å². The second-order valence-corrected chi connectivity index (χ2v) is 8.22. The number of aromatic amines is 1. The van der Waals surface area contributed by atoms with E-state index in [-0.39, 0.29) is 17.9 Å². The first-order valence-corrected chi connectivity index (χ1v) is 9.68. The van der Waals surface area contributed by atoms with Crippen LogP contribution in [0.1, 0.15) is 22.8 Å². The molecule has 27 heavy (non-hydrogen) atoms. The van der Waals surface area contributed by atoms with Gasteiger partial charge in [0, 0.05) is 25.0 Å². The fourth-order valence-corrected chi connectivity index (χ4v) is 4.93. The first kappa shape index (κ1) is 16.9. The van der Waals surface area contributed by atoms with E-state index in [0.29, 0.717) is 26.3 Å². The molecule has 2 aliphatic heterocycles. The lowest BCUT2D eigenvalue weighted by Gasteiger charge is -2.28. The third-order valence-electron chi connectivity index (χ3n) is 6.29. The second kappa shape index (κ2) is 6.42. The predicted molar refractivity (Wildman–Crippen MR) is 98.9 cm³/mol. The number of H-pyrrole nitrogens is 1. The molecule has 2 atom stereocenters. The van der Waals surface area contributed by atoms with E-state index in [1.807, 2.05) is 6.92 Å². The number of amides is 1. The fourth-order valence-electron chi connectivity index (χ4n) is 4.93. The van der Waals surface area contributed by atoms with Crippen molar-refractivity contribution in [3.8, 4) is 0 Å². The van der Waals surface area contributed by atoms with Crippen molar-refractivity contribution in [2.24, 2.45) is 11.3 Å². The molecule has 0 bridgehead atoms. The van der Waals surface area contributed by atoms with E-state index >= 15 is 0 Å². The zero-order valence-electron chi connectivity index (χ0n) is 15.6. The van der Waals surface area contributed by atoms with Crippen molar-refractivity contribution in [1.29, 1.82) is 0 Å². The quantitative estimate of drug-likeness (QED) is 0.837. The maximum atomic E-state index is 13.3. The smallest absolute Gasteiger partial charge is 0.230 e. The van der Waals surface area contributed by atoms with Crippen molar-refractivity contribution in [3.05, 3.63) is 47.0 Å². The summed E-state index contributed by atoms with van der Waals surface area (Å²) >= 11 is 0. The van der Waals surface area contributed by atoms with Crippen molar-refractivity contribution in [3.63, 3.8) is 0 Å². The van der Waals surface area contributed by atoms with Crippen LogP contribution in [0.4, 0.5) is 0 Å². The lowest BCUT2D eigenvalue weighted by Crippen LogP contribution is -2.50. The standard InChI is InChI=1S/C20H25N5O2/c1-13-21-18(24-23-13)9-25-8-16-10-27-12-20(16,11-25)19(26)22-17-6-14-4-2-3-5-15(14)7-17/h2-5,16-17H,6-12H2,1H3,(H,22,26)(H,21,23,24)/t16-,20-/m1/s1. The zero-order valence-corrected chi connectivity index (χ0v) is 15.6. The zero-order chi connectivity index (χ0) is 18.4. The summed E-state index contributed by atoms with van der Waals surface area (Å²) in [5, 5.41) is 10.5. The van der Waals surface area contributed by atoms with E-state index in [0.717, 1.165) is 31.0 Å². The van der Waals surface area contributed by atoms with Gasteiger partial charge in [0.1, 0.15) is 5.82 Å². The normalized spacial score (nSPS) is 27.7. The molecule has 2 N–H and O–H groups in total. The van der Waals surface area contributed by atoms with Crippen molar-refractivity contribution >= 4 is 5.91 Å². The highest BCUT2D eigenvalue weighted by atomic mass is 16.5. The Balaban J connectivity index is 1.27. The molecule has 1 aromatic carbocycles.